The Labute approximate surface area is 127 Å². The average Bonchev–Trinajstić information content (AvgIpc) is 3.01. The van der Waals surface area contributed by atoms with Gasteiger partial charge in [-0.15, -0.1) is 0 Å². The molecule has 3 nitrogen and oxygen atoms in total. The zero-order valence-corrected chi connectivity index (χ0v) is 13.1. The second kappa shape index (κ2) is 6.50. The summed E-state index contributed by atoms with van der Waals surface area (Å²) in [7, 11) is 0. The molecule has 114 valence electrons. The summed E-state index contributed by atoms with van der Waals surface area (Å²) in [5, 5.41) is 0. The fraction of sp³-hybridized carbons (Fsp3) is 0.611. The number of piperazine rings is 1. The van der Waals surface area contributed by atoms with Gasteiger partial charge in [-0.05, 0) is 37.3 Å². The average molecular weight is 286 g/mol. The molecule has 3 heteroatoms. The summed E-state index contributed by atoms with van der Waals surface area (Å²) in [6, 6.07) is 8.53. The van der Waals surface area contributed by atoms with E-state index in [9.17, 15) is 4.79 Å². The van der Waals surface area contributed by atoms with Crippen molar-refractivity contribution in [2.75, 3.05) is 31.1 Å². The molecule has 1 aromatic carbocycles. The third-order valence-electron chi connectivity index (χ3n) is 5.03. The molecule has 0 N–H and O–H groups in total. The van der Waals surface area contributed by atoms with Crippen LogP contribution in [0.15, 0.2) is 24.3 Å². The van der Waals surface area contributed by atoms with Gasteiger partial charge in [-0.1, -0.05) is 31.0 Å². The van der Waals surface area contributed by atoms with E-state index in [2.05, 4.69) is 41.0 Å². The summed E-state index contributed by atoms with van der Waals surface area (Å²) in [6.45, 7) is 5.83. The van der Waals surface area contributed by atoms with Gasteiger partial charge < -0.3 is 9.80 Å². The van der Waals surface area contributed by atoms with Crippen LogP contribution in [0.5, 0.6) is 0 Å². The quantitative estimate of drug-likeness (QED) is 0.852. The number of benzene rings is 1. The molecule has 1 aliphatic carbocycles. The molecule has 1 amide bonds. The molecule has 1 aliphatic heterocycles. The van der Waals surface area contributed by atoms with Gasteiger partial charge in [0.15, 0.2) is 0 Å². The normalized spacial score (nSPS) is 20.0. The first-order chi connectivity index (χ1) is 10.2. The summed E-state index contributed by atoms with van der Waals surface area (Å²) in [5.74, 6) is 1.04. The van der Waals surface area contributed by atoms with Gasteiger partial charge in [-0.2, -0.15) is 0 Å². The van der Waals surface area contributed by atoms with Crippen molar-refractivity contribution in [2.24, 2.45) is 5.92 Å². The highest BCUT2D eigenvalue weighted by atomic mass is 16.2. The third kappa shape index (κ3) is 3.39. The Bertz CT molecular complexity index is 486. The number of rotatable bonds is 3. The first kappa shape index (κ1) is 14.4. The molecule has 0 aromatic heterocycles. The van der Waals surface area contributed by atoms with Gasteiger partial charge >= 0.3 is 0 Å². The second-order valence-electron chi connectivity index (χ2n) is 6.51. The van der Waals surface area contributed by atoms with Gasteiger partial charge in [0.25, 0.3) is 0 Å². The Hall–Kier alpha value is -1.51. The van der Waals surface area contributed by atoms with E-state index in [0.29, 0.717) is 11.8 Å². The number of carbonyl (C=O) groups excluding carboxylic acids is 1. The van der Waals surface area contributed by atoms with E-state index in [4.69, 9.17) is 0 Å². The Morgan fingerprint density at radius 3 is 2.43 bits per heavy atom. The van der Waals surface area contributed by atoms with E-state index in [1.807, 2.05) is 0 Å². The number of carbonyl (C=O) groups is 1. The molecule has 0 bridgehead atoms. The van der Waals surface area contributed by atoms with Crippen molar-refractivity contribution in [3.63, 3.8) is 0 Å². The van der Waals surface area contributed by atoms with E-state index in [-0.39, 0.29) is 0 Å². The maximum absolute atomic E-state index is 12.4. The maximum Gasteiger partial charge on any atom is 0.222 e. The molecule has 1 heterocycles. The van der Waals surface area contributed by atoms with Gasteiger partial charge in [0.05, 0.1) is 0 Å². The summed E-state index contributed by atoms with van der Waals surface area (Å²) in [4.78, 5) is 16.9. The number of para-hydroxylation sites is 1. The highest BCUT2D eigenvalue weighted by molar-refractivity contribution is 5.77. The molecule has 0 unspecified atom stereocenters. The zero-order valence-electron chi connectivity index (χ0n) is 13.1. The lowest BCUT2D eigenvalue weighted by Crippen LogP contribution is -2.49. The van der Waals surface area contributed by atoms with E-state index >= 15 is 0 Å². The molecular formula is C18H26N2O. The van der Waals surface area contributed by atoms with Gasteiger partial charge in [0.1, 0.15) is 0 Å². The van der Waals surface area contributed by atoms with Gasteiger partial charge in [0, 0.05) is 38.3 Å². The predicted molar refractivity (Wildman–Crippen MR) is 86.5 cm³/mol. The fourth-order valence-electron chi connectivity index (χ4n) is 3.71. The van der Waals surface area contributed by atoms with Crippen molar-refractivity contribution in [3.05, 3.63) is 29.8 Å². The summed E-state index contributed by atoms with van der Waals surface area (Å²) >= 11 is 0. The predicted octanol–water partition coefficient (Wildman–Crippen LogP) is 3.22. The van der Waals surface area contributed by atoms with Crippen molar-refractivity contribution in [1.29, 1.82) is 0 Å². The van der Waals surface area contributed by atoms with Crippen molar-refractivity contribution in [1.82, 2.24) is 4.90 Å². The van der Waals surface area contributed by atoms with Crippen LogP contribution in [-0.2, 0) is 4.79 Å². The number of nitrogens with zero attached hydrogens (tertiary/aromatic N) is 2. The zero-order chi connectivity index (χ0) is 14.7. The van der Waals surface area contributed by atoms with Crippen molar-refractivity contribution < 1.29 is 4.79 Å². The van der Waals surface area contributed by atoms with Crippen LogP contribution >= 0.6 is 0 Å². The van der Waals surface area contributed by atoms with E-state index in [1.54, 1.807) is 0 Å². The van der Waals surface area contributed by atoms with Crippen LogP contribution in [0.25, 0.3) is 0 Å². The van der Waals surface area contributed by atoms with Crippen molar-refractivity contribution in [3.8, 4) is 0 Å². The first-order valence-corrected chi connectivity index (χ1v) is 8.32. The lowest BCUT2D eigenvalue weighted by molar-refractivity contribution is -0.132. The number of hydrogen-bond acceptors (Lipinski definition) is 2. The largest absolute Gasteiger partial charge is 0.368 e. The topological polar surface area (TPSA) is 23.6 Å². The maximum atomic E-state index is 12.4. The summed E-state index contributed by atoms with van der Waals surface area (Å²) < 4.78 is 0. The molecule has 1 saturated heterocycles. The van der Waals surface area contributed by atoms with E-state index in [0.717, 1.165) is 32.6 Å². The smallest absolute Gasteiger partial charge is 0.222 e. The van der Waals surface area contributed by atoms with Crippen LogP contribution in [0.3, 0.4) is 0 Å². The van der Waals surface area contributed by atoms with Gasteiger partial charge in [-0.3, -0.25) is 4.79 Å². The third-order valence-corrected chi connectivity index (χ3v) is 5.03. The van der Waals surface area contributed by atoms with Gasteiger partial charge in [0.2, 0.25) is 5.91 Å². The highest BCUT2D eigenvalue weighted by Crippen LogP contribution is 2.28. The molecule has 2 aliphatic rings. The number of anilines is 1. The van der Waals surface area contributed by atoms with Crippen molar-refractivity contribution >= 4 is 11.6 Å². The molecule has 21 heavy (non-hydrogen) atoms. The summed E-state index contributed by atoms with van der Waals surface area (Å²) in [6.07, 6.45) is 5.94. The lowest BCUT2D eigenvalue weighted by Gasteiger charge is -2.37. The monoisotopic (exact) mass is 286 g/mol. The minimum Gasteiger partial charge on any atom is -0.368 e. The standard InChI is InChI=1S/C18H26N2O/c1-15-6-2-5-9-17(15)19-10-12-20(13-11-19)18(21)14-16-7-3-4-8-16/h2,5-6,9,16H,3-4,7-8,10-14H2,1H3. The molecule has 0 atom stereocenters. The fourth-order valence-corrected chi connectivity index (χ4v) is 3.71. The van der Waals surface area contributed by atoms with Gasteiger partial charge in [-0.25, -0.2) is 0 Å². The molecule has 3 rings (SSSR count). The Morgan fingerprint density at radius 2 is 1.76 bits per heavy atom. The minimum atomic E-state index is 0.381. The van der Waals surface area contributed by atoms with Crippen LogP contribution in [0.4, 0.5) is 5.69 Å². The Kier molecular flexibility index (Phi) is 4.47. The number of hydrogen-bond donors (Lipinski definition) is 0. The van der Waals surface area contributed by atoms with E-state index in [1.165, 1.54) is 36.9 Å². The Balaban J connectivity index is 1.52. The first-order valence-electron chi connectivity index (χ1n) is 8.32. The number of amides is 1. The van der Waals surface area contributed by atoms with Crippen LogP contribution < -0.4 is 4.90 Å². The van der Waals surface area contributed by atoms with Crippen LogP contribution in [-0.4, -0.2) is 37.0 Å². The molecule has 0 radical (unpaired) electrons. The van der Waals surface area contributed by atoms with Crippen LogP contribution in [0, 0.1) is 12.8 Å². The van der Waals surface area contributed by atoms with Crippen LogP contribution in [0.1, 0.15) is 37.7 Å². The number of aryl methyl sites for hydroxylation is 1. The molecule has 2 fully saturated rings. The van der Waals surface area contributed by atoms with Crippen molar-refractivity contribution in [2.45, 2.75) is 39.0 Å². The lowest BCUT2D eigenvalue weighted by atomic mass is 10.0. The molecule has 0 spiro atoms. The van der Waals surface area contributed by atoms with Crippen LogP contribution in [0.2, 0.25) is 0 Å². The minimum absolute atomic E-state index is 0.381. The highest BCUT2D eigenvalue weighted by Gasteiger charge is 2.25. The SMILES string of the molecule is Cc1ccccc1N1CCN(C(=O)CC2CCCC2)CC1. The molecule has 1 saturated carbocycles. The molecular weight excluding hydrogens is 260 g/mol. The molecule has 1 aromatic rings. The van der Waals surface area contributed by atoms with E-state index < -0.39 is 0 Å². The Morgan fingerprint density at radius 1 is 1.10 bits per heavy atom. The summed E-state index contributed by atoms with van der Waals surface area (Å²) in [5.41, 5.74) is 2.64. The second-order valence-corrected chi connectivity index (χ2v) is 6.51.